The summed E-state index contributed by atoms with van der Waals surface area (Å²) in [5.41, 5.74) is 0.907. The Morgan fingerprint density at radius 3 is 2.90 bits per heavy atom. The summed E-state index contributed by atoms with van der Waals surface area (Å²) in [6.45, 7) is 2.89. The van der Waals surface area contributed by atoms with Crippen LogP contribution in [0.25, 0.3) is 0 Å². The van der Waals surface area contributed by atoms with Gasteiger partial charge in [-0.05, 0) is 13.2 Å². The SMILES string of the molecule is [B]Cc1c(Cl)ncn1CC. The van der Waals surface area contributed by atoms with Gasteiger partial charge in [0.05, 0.1) is 14.2 Å². The third-order valence-corrected chi connectivity index (χ3v) is 1.75. The van der Waals surface area contributed by atoms with Crippen LogP contribution in [0.15, 0.2) is 6.33 Å². The third kappa shape index (κ3) is 1.19. The fourth-order valence-electron chi connectivity index (χ4n) is 0.857. The molecule has 1 heterocycles. The van der Waals surface area contributed by atoms with E-state index in [1.165, 1.54) is 0 Å². The van der Waals surface area contributed by atoms with Crippen LogP contribution in [0, 0.1) is 0 Å². The normalized spacial score (nSPS) is 10.2. The van der Waals surface area contributed by atoms with Crippen molar-refractivity contribution in [1.82, 2.24) is 9.55 Å². The summed E-state index contributed by atoms with van der Waals surface area (Å²) in [7, 11) is 5.43. The number of aromatic nitrogens is 2. The molecule has 2 radical (unpaired) electrons. The zero-order valence-electron chi connectivity index (χ0n) is 5.84. The van der Waals surface area contributed by atoms with Crippen LogP contribution in [0.5, 0.6) is 0 Å². The van der Waals surface area contributed by atoms with E-state index in [1.807, 2.05) is 11.5 Å². The summed E-state index contributed by atoms with van der Waals surface area (Å²) in [4.78, 5) is 3.91. The van der Waals surface area contributed by atoms with Gasteiger partial charge >= 0.3 is 0 Å². The van der Waals surface area contributed by atoms with Crippen molar-refractivity contribution in [3.63, 3.8) is 0 Å². The molecular weight excluding hydrogens is 146 g/mol. The molecule has 0 fully saturated rings. The highest BCUT2D eigenvalue weighted by molar-refractivity contribution is 6.30. The Labute approximate surface area is 66.6 Å². The summed E-state index contributed by atoms with van der Waals surface area (Å²) < 4.78 is 1.93. The Bertz CT molecular complexity index is 222. The maximum Gasteiger partial charge on any atom is 0.149 e. The first-order valence-electron chi connectivity index (χ1n) is 3.19. The van der Waals surface area contributed by atoms with Gasteiger partial charge in [0.25, 0.3) is 0 Å². The van der Waals surface area contributed by atoms with E-state index in [9.17, 15) is 0 Å². The topological polar surface area (TPSA) is 17.8 Å². The van der Waals surface area contributed by atoms with E-state index >= 15 is 0 Å². The summed E-state index contributed by atoms with van der Waals surface area (Å²) in [5, 5.41) is 0.518. The van der Waals surface area contributed by atoms with Crippen molar-refractivity contribution in [2.75, 3.05) is 0 Å². The zero-order chi connectivity index (χ0) is 7.56. The first-order valence-corrected chi connectivity index (χ1v) is 3.57. The van der Waals surface area contributed by atoms with Gasteiger partial charge in [-0.3, -0.25) is 0 Å². The largest absolute Gasteiger partial charge is 0.334 e. The smallest absolute Gasteiger partial charge is 0.149 e. The second kappa shape index (κ2) is 3.10. The minimum Gasteiger partial charge on any atom is -0.334 e. The molecule has 1 aromatic heterocycles. The number of hydrogen-bond acceptors (Lipinski definition) is 1. The molecule has 0 unspecified atom stereocenters. The number of hydrogen-bond donors (Lipinski definition) is 0. The first kappa shape index (κ1) is 7.67. The van der Waals surface area contributed by atoms with Crippen LogP contribution >= 0.6 is 11.6 Å². The first-order chi connectivity index (χ1) is 4.79. The van der Waals surface area contributed by atoms with E-state index in [0.717, 1.165) is 12.2 Å². The molecule has 0 bridgehead atoms. The zero-order valence-corrected chi connectivity index (χ0v) is 6.60. The van der Waals surface area contributed by atoms with Crippen molar-refractivity contribution in [2.24, 2.45) is 0 Å². The minimum absolute atomic E-state index is 0.451. The third-order valence-electron chi connectivity index (χ3n) is 1.43. The number of imidazole rings is 1. The van der Waals surface area contributed by atoms with E-state index < -0.39 is 0 Å². The van der Waals surface area contributed by atoms with Crippen molar-refractivity contribution in [1.29, 1.82) is 0 Å². The van der Waals surface area contributed by atoms with Gasteiger partial charge in [0.1, 0.15) is 5.15 Å². The standard InChI is InChI=1S/C6H8BClN2/c1-2-10-4-9-6(8)5(10)3-7/h4H,2-3H2,1H3. The second-order valence-corrected chi connectivity index (χ2v) is 2.33. The van der Waals surface area contributed by atoms with Crippen molar-refractivity contribution in [3.8, 4) is 0 Å². The Morgan fingerprint density at radius 1 is 1.80 bits per heavy atom. The van der Waals surface area contributed by atoms with Gasteiger partial charge in [-0.25, -0.2) is 4.98 Å². The molecule has 0 saturated carbocycles. The number of halogens is 1. The average molecular weight is 154 g/mol. The van der Waals surface area contributed by atoms with E-state index in [4.69, 9.17) is 19.4 Å². The highest BCUT2D eigenvalue weighted by Gasteiger charge is 2.03. The van der Waals surface area contributed by atoms with Gasteiger partial charge < -0.3 is 4.57 Å². The van der Waals surface area contributed by atoms with Crippen LogP contribution in [0.3, 0.4) is 0 Å². The van der Waals surface area contributed by atoms with Crippen LogP contribution in [-0.4, -0.2) is 17.4 Å². The molecule has 0 atom stereocenters. The number of rotatable bonds is 2. The van der Waals surface area contributed by atoms with Crippen molar-refractivity contribution in [3.05, 3.63) is 17.2 Å². The maximum absolute atomic E-state index is 5.71. The molecule has 2 nitrogen and oxygen atoms in total. The lowest BCUT2D eigenvalue weighted by Gasteiger charge is -2.00. The van der Waals surface area contributed by atoms with E-state index in [-0.39, 0.29) is 0 Å². The lowest BCUT2D eigenvalue weighted by atomic mass is 10.0. The van der Waals surface area contributed by atoms with Crippen LogP contribution in [-0.2, 0) is 12.9 Å². The van der Waals surface area contributed by atoms with Gasteiger partial charge in [-0.15, -0.1) is 0 Å². The monoisotopic (exact) mass is 154 g/mol. The van der Waals surface area contributed by atoms with Crippen LogP contribution < -0.4 is 0 Å². The van der Waals surface area contributed by atoms with Gasteiger partial charge in [-0.1, -0.05) is 11.6 Å². The lowest BCUT2D eigenvalue weighted by Crippen LogP contribution is -1.98. The predicted molar refractivity (Wildman–Crippen MR) is 42.4 cm³/mol. The van der Waals surface area contributed by atoms with Gasteiger partial charge in [0.15, 0.2) is 0 Å². The maximum atomic E-state index is 5.71. The second-order valence-electron chi connectivity index (χ2n) is 1.97. The van der Waals surface area contributed by atoms with Crippen LogP contribution in [0.1, 0.15) is 12.6 Å². The molecule has 0 spiro atoms. The van der Waals surface area contributed by atoms with Crippen molar-refractivity contribution < 1.29 is 0 Å². The summed E-state index contributed by atoms with van der Waals surface area (Å²) >= 11 is 5.71. The highest BCUT2D eigenvalue weighted by Crippen LogP contribution is 2.12. The molecule has 4 heteroatoms. The Morgan fingerprint density at radius 2 is 2.50 bits per heavy atom. The fraction of sp³-hybridized carbons (Fsp3) is 0.500. The Hall–Kier alpha value is -0.435. The molecule has 0 N–H and O–H groups in total. The molecule has 0 amide bonds. The lowest BCUT2D eigenvalue weighted by molar-refractivity contribution is 0.733. The van der Waals surface area contributed by atoms with Crippen molar-refractivity contribution >= 4 is 19.4 Å². The fourth-order valence-corrected chi connectivity index (χ4v) is 1.09. The predicted octanol–water partition coefficient (Wildman–Crippen LogP) is 1.22. The molecule has 0 saturated heterocycles. The van der Waals surface area contributed by atoms with Gasteiger partial charge in [-0.2, -0.15) is 0 Å². The molecule has 0 aliphatic rings. The van der Waals surface area contributed by atoms with E-state index in [1.54, 1.807) is 6.33 Å². The van der Waals surface area contributed by atoms with Crippen LogP contribution in [0.2, 0.25) is 5.15 Å². The van der Waals surface area contributed by atoms with E-state index in [2.05, 4.69) is 4.98 Å². The Kier molecular flexibility index (Phi) is 2.38. The highest BCUT2D eigenvalue weighted by atomic mass is 35.5. The van der Waals surface area contributed by atoms with Gasteiger partial charge in [0, 0.05) is 12.2 Å². The molecular formula is C6H8BClN2. The molecule has 1 rings (SSSR count). The molecule has 52 valence electrons. The molecule has 10 heavy (non-hydrogen) atoms. The molecule has 0 aliphatic carbocycles. The quantitative estimate of drug-likeness (QED) is 0.586. The average Bonchev–Trinajstić information content (AvgIpc) is 2.30. The Balaban J connectivity index is 3.01. The summed E-state index contributed by atoms with van der Waals surface area (Å²) in [6.07, 6.45) is 2.15. The van der Waals surface area contributed by atoms with Gasteiger partial charge in [0.2, 0.25) is 0 Å². The summed E-state index contributed by atoms with van der Waals surface area (Å²) in [5.74, 6) is 0. The van der Waals surface area contributed by atoms with Crippen molar-refractivity contribution in [2.45, 2.75) is 19.8 Å². The minimum atomic E-state index is 0.451. The molecule has 0 aromatic carbocycles. The summed E-state index contributed by atoms with van der Waals surface area (Å²) in [6, 6.07) is 0. The van der Waals surface area contributed by atoms with E-state index in [0.29, 0.717) is 11.5 Å². The van der Waals surface area contributed by atoms with Crippen LogP contribution in [0.4, 0.5) is 0 Å². The number of nitrogens with zero attached hydrogens (tertiary/aromatic N) is 2. The molecule has 1 aromatic rings. The number of aryl methyl sites for hydroxylation is 1. The molecule has 0 aliphatic heterocycles.